The van der Waals surface area contributed by atoms with Crippen LogP contribution < -0.4 is 4.90 Å². The third kappa shape index (κ3) is 4.05. The molecule has 1 aliphatic rings. The number of aromatic hydroxyl groups is 2. The second kappa shape index (κ2) is 7.82. The maximum atomic E-state index is 9.75. The molecule has 140 valence electrons. The number of rotatable bonds is 3. The lowest BCUT2D eigenvalue weighted by Gasteiger charge is -2.17. The highest BCUT2D eigenvalue weighted by Gasteiger charge is 2.25. The van der Waals surface area contributed by atoms with Gasteiger partial charge in [0.15, 0.2) is 16.7 Å². The van der Waals surface area contributed by atoms with Crippen molar-refractivity contribution in [3.63, 3.8) is 0 Å². The van der Waals surface area contributed by atoms with Gasteiger partial charge in [0.1, 0.15) is 0 Å². The van der Waals surface area contributed by atoms with Crippen molar-refractivity contribution in [1.29, 1.82) is 0 Å². The van der Waals surface area contributed by atoms with Crippen LogP contribution in [0, 0.1) is 6.92 Å². The number of hydrogen-bond acceptors (Lipinski definition) is 4. The molecule has 1 saturated heterocycles. The lowest BCUT2D eigenvalue weighted by Crippen LogP contribution is -2.23. The highest BCUT2D eigenvalue weighted by atomic mass is 32.2. The van der Waals surface area contributed by atoms with Crippen LogP contribution in [0.15, 0.2) is 82.7 Å². The Kier molecular flexibility index (Phi) is 5.08. The van der Waals surface area contributed by atoms with Crippen LogP contribution in [-0.4, -0.2) is 21.9 Å². The minimum absolute atomic E-state index is 0.117. The Labute approximate surface area is 168 Å². The molecule has 4 rings (SSSR count). The Balaban J connectivity index is 1.69. The van der Waals surface area contributed by atoms with Gasteiger partial charge in [0.05, 0.1) is 12.2 Å². The predicted octanol–water partition coefficient (Wildman–Crippen LogP) is 5.69. The molecule has 5 heteroatoms. The SMILES string of the molecule is Cc1ccc(N=C2S/C(=C\c3ccc(O)c(O)c3)CN2c2ccccc2)cc1. The molecule has 0 spiro atoms. The van der Waals surface area contributed by atoms with Gasteiger partial charge in [-0.2, -0.15) is 0 Å². The largest absolute Gasteiger partial charge is 0.504 e. The summed E-state index contributed by atoms with van der Waals surface area (Å²) in [7, 11) is 0. The Morgan fingerprint density at radius 3 is 2.39 bits per heavy atom. The van der Waals surface area contributed by atoms with Gasteiger partial charge in [0.25, 0.3) is 0 Å². The molecule has 0 aliphatic carbocycles. The zero-order valence-corrected chi connectivity index (χ0v) is 16.2. The zero-order chi connectivity index (χ0) is 19.5. The first-order valence-electron chi connectivity index (χ1n) is 8.97. The summed E-state index contributed by atoms with van der Waals surface area (Å²) < 4.78 is 0. The van der Waals surface area contributed by atoms with Crippen LogP contribution in [0.4, 0.5) is 11.4 Å². The van der Waals surface area contributed by atoms with Gasteiger partial charge >= 0.3 is 0 Å². The first-order valence-corrected chi connectivity index (χ1v) is 9.78. The van der Waals surface area contributed by atoms with Gasteiger partial charge in [0.2, 0.25) is 0 Å². The number of hydrogen-bond donors (Lipinski definition) is 2. The molecule has 2 N–H and O–H groups in total. The third-order valence-corrected chi connectivity index (χ3v) is 5.42. The van der Waals surface area contributed by atoms with E-state index in [2.05, 4.69) is 36.1 Å². The molecule has 0 aromatic heterocycles. The minimum atomic E-state index is -0.120. The van der Waals surface area contributed by atoms with E-state index in [9.17, 15) is 10.2 Å². The lowest BCUT2D eigenvalue weighted by molar-refractivity contribution is 0.403. The number of phenolic OH excluding ortho intramolecular Hbond substituents is 2. The quantitative estimate of drug-likeness (QED) is 0.566. The number of benzene rings is 3. The maximum Gasteiger partial charge on any atom is 0.173 e. The molecule has 0 amide bonds. The average molecular weight is 388 g/mol. The standard InChI is InChI=1S/C23H20N2O2S/c1-16-7-10-18(11-8-16)24-23-25(19-5-3-2-4-6-19)15-20(28-23)13-17-9-12-21(26)22(27)14-17/h2-14,26-27H,15H2,1H3/b20-13-,24-23?. The van der Waals surface area contributed by atoms with E-state index < -0.39 is 0 Å². The van der Waals surface area contributed by atoms with Crippen molar-refractivity contribution >= 4 is 34.4 Å². The van der Waals surface area contributed by atoms with Crippen LogP contribution in [-0.2, 0) is 0 Å². The lowest BCUT2D eigenvalue weighted by atomic mass is 10.2. The Bertz CT molecular complexity index is 1040. The number of anilines is 1. The molecule has 1 heterocycles. The van der Waals surface area contributed by atoms with Gasteiger partial charge in [-0.05, 0) is 55.0 Å². The summed E-state index contributed by atoms with van der Waals surface area (Å²) in [6.45, 7) is 2.76. The summed E-state index contributed by atoms with van der Waals surface area (Å²) in [6, 6.07) is 23.2. The van der Waals surface area contributed by atoms with E-state index in [0.717, 1.165) is 27.0 Å². The van der Waals surface area contributed by atoms with Gasteiger partial charge in [-0.25, -0.2) is 4.99 Å². The smallest absolute Gasteiger partial charge is 0.173 e. The fourth-order valence-corrected chi connectivity index (χ4v) is 4.00. The van der Waals surface area contributed by atoms with Crippen LogP contribution in [0.5, 0.6) is 11.5 Å². The number of phenols is 2. The van der Waals surface area contributed by atoms with E-state index >= 15 is 0 Å². The van der Waals surface area contributed by atoms with Crippen LogP contribution >= 0.6 is 11.8 Å². The van der Waals surface area contributed by atoms with Gasteiger partial charge < -0.3 is 15.1 Å². The Morgan fingerprint density at radius 1 is 0.929 bits per heavy atom. The van der Waals surface area contributed by atoms with Crippen molar-refractivity contribution in [2.75, 3.05) is 11.4 Å². The normalized spacial score (nSPS) is 16.8. The van der Waals surface area contributed by atoms with E-state index in [-0.39, 0.29) is 11.5 Å². The van der Waals surface area contributed by atoms with Gasteiger partial charge in [-0.3, -0.25) is 0 Å². The molecule has 1 aliphatic heterocycles. The summed E-state index contributed by atoms with van der Waals surface area (Å²) in [6.07, 6.45) is 2.01. The fraction of sp³-hybridized carbons (Fsp3) is 0.0870. The molecule has 3 aromatic rings. The van der Waals surface area contributed by atoms with Gasteiger partial charge in [-0.15, -0.1) is 0 Å². The first-order chi connectivity index (χ1) is 13.6. The Hall–Kier alpha value is -3.18. The summed E-state index contributed by atoms with van der Waals surface area (Å²) in [4.78, 5) is 8.14. The van der Waals surface area contributed by atoms with Crippen LogP contribution in [0.2, 0.25) is 0 Å². The van der Waals surface area contributed by atoms with E-state index in [1.54, 1.807) is 23.9 Å². The topological polar surface area (TPSA) is 56.1 Å². The molecule has 4 nitrogen and oxygen atoms in total. The Morgan fingerprint density at radius 2 is 1.68 bits per heavy atom. The fourth-order valence-electron chi connectivity index (χ4n) is 2.94. The van der Waals surface area contributed by atoms with Crippen molar-refractivity contribution in [1.82, 2.24) is 0 Å². The average Bonchev–Trinajstić information content (AvgIpc) is 3.09. The third-order valence-electron chi connectivity index (χ3n) is 4.42. The first kappa shape index (κ1) is 18.2. The molecular formula is C23H20N2O2S. The highest BCUT2D eigenvalue weighted by molar-refractivity contribution is 8.18. The summed E-state index contributed by atoms with van der Waals surface area (Å²) in [5.74, 6) is -0.237. The molecule has 0 saturated carbocycles. The van der Waals surface area contributed by atoms with E-state index in [1.807, 2.05) is 36.4 Å². The number of aryl methyl sites for hydroxylation is 1. The van der Waals surface area contributed by atoms with Crippen molar-refractivity contribution in [2.24, 2.45) is 4.99 Å². The van der Waals surface area contributed by atoms with Crippen molar-refractivity contribution < 1.29 is 10.2 Å². The number of aliphatic imine (C=N–C) groups is 1. The van der Waals surface area contributed by atoms with Crippen molar-refractivity contribution in [3.8, 4) is 11.5 Å². The van der Waals surface area contributed by atoms with Crippen LogP contribution in [0.1, 0.15) is 11.1 Å². The van der Waals surface area contributed by atoms with Crippen molar-refractivity contribution in [3.05, 3.63) is 88.8 Å². The number of para-hydroxylation sites is 1. The van der Waals surface area contributed by atoms with E-state index in [4.69, 9.17) is 4.99 Å². The van der Waals surface area contributed by atoms with Crippen LogP contribution in [0.25, 0.3) is 6.08 Å². The molecule has 0 bridgehead atoms. The molecule has 3 aromatic carbocycles. The zero-order valence-electron chi connectivity index (χ0n) is 15.4. The minimum Gasteiger partial charge on any atom is -0.504 e. The van der Waals surface area contributed by atoms with Crippen LogP contribution in [0.3, 0.4) is 0 Å². The molecule has 28 heavy (non-hydrogen) atoms. The molecule has 1 fully saturated rings. The molecule has 0 atom stereocenters. The summed E-state index contributed by atoms with van der Waals surface area (Å²) in [5.41, 5.74) is 4.04. The number of nitrogens with zero attached hydrogens (tertiary/aromatic N) is 2. The predicted molar refractivity (Wildman–Crippen MR) is 117 cm³/mol. The molecule has 0 unspecified atom stereocenters. The van der Waals surface area contributed by atoms with E-state index in [1.165, 1.54) is 11.6 Å². The highest BCUT2D eigenvalue weighted by Crippen LogP contribution is 2.37. The summed E-state index contributed by atoms with van der Waals surface area (Å²) in [5, 5.41) is 20.2. The second-order valence-electron chi connectivity index (χ2n) is 6.61. The summed E-state index contributed by atoms with van der Waals surface area (Å²) >= 11 is 1.61. The van der Waals surface area contributed by atoms with Gasteiger partial charge in [-0.1, -0.05) is 53.7 Å². The van der Waals surface area contributed by atoms with E-state index in [0.29, 0.717) is 6.54 Å². The number of amidine groups is 1. The number of thioether (sulfide) groups is 1. The van der Waals surface area contributed by atoms with Gasteiger partial charge in [0, 0.05) is 10.6 Å². The van der Waals surface area contributed by atoms with Crippen molar-refractivity contribution in [2.45, 2.75) is 6.92 Å². The molecular weight excluding hydrogens is 368 g/mol. The monoisotopic (exact) mass is 388 g/mol. The maximum absolute atomic E-state index is 9.75. The second-order valence-corrected chi connectivity index (χ2v) is 7.71. The molecule has 0 radical (unpaired) electrons.